The highest BCUT2D eigenvalue weighted by Gasteiger charge is 2.05. The maximum atomic E-state index is 13.5. The van der Waals surface area contributed by atoms with Gasteiger partial charge in [0, 0.05) is 17.3 Å². The lowest BCUT2D eigenvalue weighted by Crippen LogP contribution is -2.10. The van der Waals surface area contributed by atoms with E-state index in [4.69, 9.17) is 5.73 Å². The molecule has 2 aromatic carbocycles. The number of nitrogens with two attached hydrogens (primary N) is 1. The summed E-state index contributed by atoms with van der Waals surface area (Å²) in [6.45, 7) is 1.88. The first-order valence-electron chi connectivity index (χ1n) is 7.62. The lowest BCUT2D eigenvalue weighted by molar-refractivity contribution is 0.100. The van der Waals surface area contributed by atoms with Crippen LogP contribution in [0.5, 0.6) is 0 Å². The van der Waals surface area contributed by atoms with Crippen molar-refractivity contribution in [3.63, 3.8) is 0 Å². The number of aryl methyl sites for hydroxylation is 1. The number of carbonyl (C=O) groups is 1. The summed E-state index contributed by atoms with van der Waals surface area (Å²) in [7, 11) is 0. The molecule has 0 saturated carbocycles. The van der Waals surface area contributed by atoms with Gasteiger partial charge in [0.05, 0.1) is 5.69 Å². The fourth-order valence-corrected chi connectivity index (χ4v) is 2.70. The Morgan fingerprint density at radius 3 is 2.46 bits per heavy atom. The molecule has 3 aromatic rings. The van der Waals surface area contributed by atoms with Crippen molar-refractivity contribution >= 4 is 5.91 Å². The summed E-state index contributed by atoms with van der Waals surface area (Å²) in [5.74, 6) is -0.675. The molecule has 120 valence electrons. The van der Waals surface area contributed by atoms with E-state index in [1.165, 1.54) is 6.07 Å². The van der Waals surface area contributed by atoms with Gasteiger partial charge in [-0.25, -0.2) is 4.39 Å². The van der Waals surface area contributed by atoms with Gasteiger partial charge in [-0.05, 0) is 66.4 Å². The van der Waals surface area contributed by atoms with E-state index in [0.717, 1.165) is 27.9 Å². The topological polar surface area (TPSA) is 56.0 Å². The van der Waals surface area contributed by atoms with Gasteiger partial charge < -0.3 is 5.73 Å². The van der Waals surface area contributed by atoms with Gasteiger partial charge in [-0.15, -0.1) is 0 Å². The molecule has 4 heteroatoms. The minimum absolute atomic E-state index is 0.221. The van der Waals surface area contributed by atoms with Crippen molar-refractivity contribution in [2.24, 2.45) is 5.73 Å². The van der Waals surface area contributed by atoms with Gasteiger partial charge in [-0.2, -0.15) is 0 Å². The number of nitrogens with zero attached hydrogens (tertiary/aromatic N) is 1. The Hall–Kier alpha value is -3.01. The molecule has 0 unspecified atom stereocenters. The van der Waals surface area contributed by atoms with Gasteiger partial charge in [0.1, 0.15) is 5.82 Å². The van der Waals surface area contributed by atoms with Crippen LogP contribution in [0.2, 0.25) is 0 Å². The zero-order valence-corrected chi connectivity index (χ0v) is 13.3. The molecule has 3 rings (SSSR count). The maximum Gasteiger partial charge on any atom is 0.248 e. The molecule has 3 nitrogen and oxygen atoms in total. The second-order valence-corrected chi connectivity index (χ2v) is 5.80. The first-order valence-corrected chi connectivity index (χ1v) is 7.62. The van der Waals surface area contributed by atoms with Gasteiger partial charge in [0.2, 0.25) is 5.91 Å². The summed E-state index contributed by atoms with van der Waals surface area (Å²) < 4.78 is 13.5. The number of pyridine rings is 1. The van der Waals surface area contributed by atoms with Gasteiger partial charge in [-0.3, -0.25) is 9.78 Å². The third kappa shape index (κ3) is 3.66. The Morgan fingerprint density at radius 1 is 1.04 bits per heavy atom. The molecule has 0 fully saturated rings. The van der Waals surface area contributed by atoms with Crippen molar-refractivity contribution in [2.75, 3.05) is 0 Å². The molecule has 0 atom stereocenters. The molecule has 0 radical (unpaired) electrons. The molecule has 0 aliphatic carbocycles. The Morgan fingerprint density at radius 2 is 1.79 bits per heavy atom. The zero-order chi connectivity index (χ0) is 17.1. The van der Waals surface area contributed by atoms with Crippen LogP contribution in [-0.2, 0) is 6.42 Å². The second kappa shape index (κ2) is 6.62. The third-order valence-electron chi connectivity index (χ3n) is 3.80. The van der Waals surface area contributed by atoms with Gasteiger partial charge in [-0.1, -0.05) is 18.2 Å². The van der Waals surface area contributed by atoms with E-state index in [-0.39, 0.29) is 5.82 Å². The summed E-state index contributed by atoms with van der Waals surface area (Å²) in [5.41, 5.74) is 10.3. The standard InChI is InChI=1S/C20H17FN2O/c1-13-8-15(11-18(21)9-13)10-14-6-7-23-19(12-14)16-2-4-17(5-3-16)20(22)24/h2-9,11-12H,10H2,1H3,(H2,22,24). The molecule has 1 aromatic heterocycles. The minimum Gasteiger partial charge on any atom is -0.366 e. The Balaban J connectivity index is 1.87. The summed E-state index contributed by atoms with van der Waals surface area (Å²) >= 11 is 0. The van der Waals surface area contributed by atoms with Crippen LogP contribution in [0, 0.1) is 12.7 Å². The zero-order valence-electron chi connectivity index (χ0n) is 13.3. The molecular weight excluding hydrogens is 303 g/mol. The molecule has 0 aliphatic rings. The van der Waals surface area contributed by atoms with E-state index in [9.17, 15) is 9.18 Å². The molecule has 24 heavy (non-hydrogen) atoms. The van der Waals surface area contributed by atoms with E-state index in [0.29, 0.717) is 12.0 Å². The van der Waals surface area contributed by atoms with E-state index in [2.05, 4.69) is 4.98 Å². The molecule has 0 bridgehead atoms. The Kier molecular flexibility index (Phi) is 4.38. The van der Waals surface area contributed by atoms with Crippen LogP contribution in [0.1, 0.15) is 27.0 Å². The number of carbonyl (C=O) groups excluding carboxylic acids is 1. The van der Waals surface area contributed by atoms with Crippen LogP contribution in [0.4, 0.5) is 4.39 Å². The fourth-order valence-electron chi connectivity index (χ4n) is 2.70. The summed E-state index contributed by atoms with van der Waals surface area (Å²) in [4.78, 5) is 15.5. The van der Waals surface area contributed by atoms with Gasteiger partial charge in [0.25, 0.3) is 0 Å². The molecule has 1 heterocycles. The lowest BCUT2D eigenvalue weighted by Gasteiger charge is -2.07. The second-order valence-electron chi connectivity index (χ2n) is 5.80. The molecule has 0 spiro atoms. The van der Waals surface area contributed by atoms with Crippen molar-refractivity contribution in [3.05, 3.63) is 88.9 Å². The lowest BCUT2D eigenvalue weighted by atomic mass is 10.0. The predicted molar refractivity (Wildman–Crippen MR) is 92.1 cm³/mol. The van der Waals surface area contributed by atoms with Crippen LogP contribution in [0.25, 0.3) is 11.3 Å². The summed E-state index contributed by atoms with van der Waals surface area (Å²) in [5, 5.41) is 0. The fraction of sp³-hybridized carbons (Fsp3) is 0.100. The van der Waals surface area contributed by atoms with Crippen molar-refractivity contribution in [1.82, 2.24) is 4.98 Å². The van der Waals surface area contributed by atoms with Crippen LogP contribution in [0.3, 0.4) is 0 Å². The molecule has 1 amide bonds. The molecular formula is C20H17FN2O. The third-order valence-corrected chi connectivity index (χ3v) is 3.80. The number of benzene rings is 2. The highest BCUT2D eigenvalue weighted by Crippen LogP contribution is 2.20. The number of amides is 1. The number of aromatic nitrogens is 1. The highest BCUT2D eigenvalue weighted by molar-refractivity contribution is 5.93. The van der Waals surface area contributed by atoms with E-state index < -0.39 is 5.91 Å². The highest BCUT2D eigenvalue weighted by atomic mass is 19.1. The minimum atomic E-state index is -0.454. The van der Waals surface area contributed by atoms with E-state index in [1.54, 1.807) is 24.4 Å². The SMILES string of the molecule is Cc1cc(F)cc(Cc2ccnc(-c3ccc(C(N)=O)cc3)c2)c1. The smallest absolute Gasteiger partial charge is 0.248 e. The van der Waals surface area contributed by atoms with Crippen LogP contribution < -0.4 is 5.73 Å². The number of hydrogen-bond donors (Lipinski definition) is 1. The number of rotatable bonds is 4. The van der Waals surface area contributed by atoms with E-state index >= 15 is 0 Å². The first-order chi connectivity index (χ1) is 11.5. The normalized spacial score (nSPS) is 10.6. The van der Waals surface area contributed by atoms with Crippen molar-refractivity contribution in [2.45, 2.75) is 13.3 Å². The average molecular weight is 320 g/mol. The van der Waals surface area contributed by atoms with Gasteiger partial charge in [0.15, 0.2) is 0 Å². The van der Waals surface area contributed by atoms with E-state index in [1.807, 2.05) is 37.3 Å². The molecule has 2 N–H and O–H groups in total. The quantitative estimate of drug-likeness (QED) is 0.793. The number of hydrogen-bond acceptors (Lipinski definition) is 2. The largest absolute Gasteiger partial charge is 0.366 e. The number of primary amides is 1. The van der Waals surface area contributed by atoms with Crippen LogP contribution in [0.15, 0.2) is 60.8 Å². The summed E-state index contributed by atoms with van der Waals surface area (Å²) in [6.07, 6.45) is 2.37. The molecule has 0 saturated heterocycles. The average Bonchev–Trinajstić information content (AvgIpc) is 2.54. The summed E-state index contributed by atoms with van der Waals surface area (Å²) in [6, 6.07) is 15.9. The first kappa shape index (κ1) is 15.9. The maximum absolute atomic E-state index is 13.5. The Bertz CT molecular complexity index is 868. The Labute approximate surface area is 140 Å². The van der Waals surface area contributed by atoms with Gasteiger partial charge >= 0.3 is 0 Å². The molecule has 0 aliphatic heterocycles. The van der Waals surface area contributed by atoms with Crippen molar-refractivity contribution in [1.29, 1.82) is 0 Å². The van der Waals surface area contributed by atoms with Crippen molar-refractivity contribution < 1.29 is 9.18 Å². The van der Waals surface area contributed by atoms with Crippen LogP contribution in [-0.4, -0.2) is 10.9 Å². The number of halogens is 1. The predicted octanol–water partition coefficient (Wildman–Crippen LogP) is 3.89. The monoisotopic (exact) mass is 320 g/mol. The van der Waals surface area contributed by atoms with Crippen LogP contribution >= 0.6 is 0 Å². The van der Waals surface area contributed by atoms with Crippen molar-refractivity contribution in [3.8, 4) is 11.3 Å².